The van der Waals surface area contributed by atoms with Gasteiger partial charge in [0, 0.05) is 43.6 Å². The van der Waals surface area contributed by atoms with Crippen LogP contribution in [0, 0.1) is 5.92 Å². The quantitative estimate of drug-likeness (QED) is 0.784. The molecule has 0 unspecified atom stereocenters. The fourth-order valence-corrected chi connectivity index (χ4v) is 4.11. The van der Waals surface area contributed by atoms with Crippen LogP contribution in [-0.4, -0.2) is 47.5 Å². The molecule has 152 valence electrons. The van der Waals surface area contributed by atoms with Gasteiger partial charge in [-0.05, 0) is 44.4 Å². The molecule has 1 saturated heterocycles. The van der Waals surface area contributed by atoms with Crippen molar-refractivity contribution in [2.45, 2.75) is 70.8 Å². The zero-order valence-corrected chi connectivity index (χ0v) is 17.0. The molecule has 0 spiro atoms. The average Bonchev–Trinajstić information content (AvgIpc) is 3.50. The van der Waals surface area contributed by atoms with Crippen LogP contribution in [0.2, 0.25) is 0 Å². The molecule has 0 bridgehead atoms. The molecule has 1 saturated carbocycles. The van der Waals surface area contributed by atoms with Gasteiger partial charge in [-0.1, -0.05) is 13.8 Å². The maximum atomic E-state index is 12.3. The number of rotatable bonds is 6. The standard InChI is InChI=1S/C21H31N5O2/c1-13(2)19-24-18-16(7-10-22-21(18)28)20(25-19)26-11-8-14(9-12-26)3-6-17(27)23-15-4-5-15/h13-15H,3-12H2,1-2H3,(H,22,28)(H,23,27). The molecule has 2 aliphatic heterocycles. The third-order valence-electron chi connectivity index (χ3n) is 6.03. The van der Waals surface area contributed by atoms with E-state index in [1.54, 1.807) is 0 Å². The first-order valence-corrected chi connectivity index (χ1v) is 10.7. The Morgan fingerprint density at radius 2 is 1.96 bits per heavy atom. The molecule has 4 rings (SSSR count). The van der Waals surface area contributed by atoms with E-state index in [1.807, 2.05) is 0 Å². The molecule has 7 heteroatoms. The summed E-state index contributed by atoms with van der Waals surface area (Å²) in [6.45, 7) is 6.63. The lowest BCUT2D eigenvalue weighted by molar-refractivity contribution is -0.121. The molecule has 0 radical (unpaired) electrons. The van der Waals surface area contributed by atoms with Crippen LogP contribution in [0.5, 0.6) is 0 Å². The van der Waals surface area contributed by atoms with Crippen LogP contribution in [0.25, 0.3) is 0 Å². The summed E-state index contributed by atoms with van der Waals surface area (Å²) < 4.78 is 0. The zero-order valence-electron chi connectivity index (χ0n) is 17.0. The Bertz CT molecular complexity index is 751. The topological polar surface area (TPSA) is 87.2 Å². The van der Waals surface area contributed by atoms with Gasteiger partial charge in [0.05, 0.1) is 0 Å². The van der Waals surface area contributed by atoms with Crippen LogP contribution in [0.1, 0.15) is 80.2 Å². The molecular weight excluding hydrogens is 354 g/mol. The molecular formula is C21H31N5O2. The number of anilines is 1. The number of hydrogen-bond acceptors (Lipinski definition) is 5. The van der Waals surface area contributed by atoms with Crippen molar-refractivity contribution < 1.29 is 9.59 Å². The summed E-state index contributed by atoms with van der Waals surface area (Å²) in [5.41, 5.74) is 1.55. The van der Waals surface area contributed by atoms with E-state index < -0.39 is 0 Å². The summed E-state index contributed by atoms with van der Waals surface area (Å²) in [4.78, 5) is 36.0. The van der Waals surface area contributed by atoms with Crippen molar-refractivity contribution in [3.05, 3.63) is 17.1 Å². The number of carbonyl (C=O) groups is 2. The number of amides is 2. The van der Waals surface area contributed by atoms with Crippen molar-refractivity contribution in [1.82, 2.24) is 20.6 Å². The molecule has 0 aromatic carbocycles. The van der Waals surface area contributed by atoms with Gasteiger partial charge in [0.2, 0.25) is 5.91 Å². The number of fused-ring (bicyclic) bond motifs is 1. The first-order valence-electron chi connectivity index (χ1n) is 10.7. The normalized spacial score (nSPS) is 20.1. The van der Waals surface area contributed by atoms with Crippen molar-refractivity contribution in [2.24, 2.45) is 5.92 Å². The highest BCUT2D eigenvalue weighted by molar-refractivity contribution is 5.96. The second-order valence-corrected chi connectivity index (χ2v) is 8.70. The Kier molecular flexibility index (Phi) is 5.51. The third kappa shape index (κ3) is 4.28. The van der Waals surface area contributed by atoms with Gasteiger partial charge in [-0.15, -0.1) is 0 Å². The van der Waals surface area contributed by atoms with Gasteiger partial charge in [0.25, 0.3) is 5.91 Å². The highest BCUT2D eigenvalue weighted by Crippen LogP contribution is 2.31. The van der Waals surface area contributed by atoms with E-state index in [-0.39, 0.29) is 17.7 Å². The maximum Gasteiger partial charge on any atom is 0.270 e. The minimum atomic E-state index is -0.0802. The number of nitrogens with one attached hydrogen (secondary N) is 2. The fraction of sp³-hybridized carbons (Fsp3) is 0.714. The number of aromatic nitrogens is 2. The second kappa shape index (κ2) is 8.05. The Hall–Kier alpha value is -2.18. The van der Waals surface area contributed by atoms with Crippen LogP contribution >= 0.6 is 0 Å². The lowest BCUT2D eigenvalue weighted by Gasteiger charge is -2.35. The molecule has 2 fully saturated rings. The monoisotopic (exact) mass is 385 g/mol. The van der Waals surface area contributed by atoms with Crippen molar-refractivity contribution in [1.29, 1.82) is 0 Å². The third-order valence-corrected chi connectivity index (χ3v) is 6.03. The summed E-state index contributed by atoms with van der Waals surface area (Å²) in [6.07, 6.45) is 6.82. The van der Waals surface area contributed by atoms with Crippen LogP contribution in [-0.2, 0) is 11.2 Å². The summed E-state index contributed by atoms with van der Waals surface area (Å²) in [7, 11) is 0. The Morgan fingerprint density at radius 1 is 1.21 bits per heavy atom. The molecule has 28 heavy (non-hydrogen) atoms. The fourth-order valence-electron chi connectivity index (χ4n) is 4.11. The largest absolute Gasteiger partial charge is 0.356 e. The van der Waals surface area contributed by atoms with E-state index in [4.69, 9.17) is 4.98 Å². The SMILES string of the molecule is CC(C)c1nc2c(c(N3CCC(CCC(=O)NC4CC4)CC3)n1)CCNC2=O. The van der Waals surface area contributed by atoms with E-state index in [2.05, 4.69) is 34.4 Å². The number of nitrogens with zero attached hydrogens (tertiary/aromatic N) is 3. The highest BCUT2D eigenvalue weighted by atomic mass is 16.2. The second-order valence-electron chi connectivity index (χ2n) is 8.70. The van der Waals surface area contributed by atoms with Gasteiger partial charge >= 0.3 is 0 Å². The first kappa shape index (κ1) is 19.2. The van der Waals surface area contributed by atoms with E-state index in [9.17, 15) is 9.59 Å². The Labute approximate surface area is 166 Å². The molecule has 1 aromatic rings. The van der Waals surface area contributed by atoms with Gasteiger partial charge in [0.15, 0.2) is 0 Å². The van der Waals surface area contributed by atoms with Crippen molar-refractivity contribution in [3.8, 4) is 0 Å². The lowest BCUT2D eigenvalue weighted by atomic mass is 9.91. The minimum Gasteiger partial charge on any atom is -0.356 e. The molecule has 1 aliphatic carbocycles. The molecule has 2 amide bonds. The van der Waals surface area contributed by atoms with E-state index in [0.717, 1.165) is 68.8 Å². The zero-order chi connectivity index (χ0) is 19.7. The first-order chi connectivity index (χ1) is 13.5. The Balaban J connectivity index is 1.41. The molecule has 3 aliphatic rings. The number of hydrogen-bond donors (Lipinski definition) is 2. The van der Waals surface area contributed by atoms with Gasteiger partial charge in [-0.3, -0.25) is 9.59 Å². The van der Waals surface area contributed by atoms with E-state index in [1.165, 1.54) is 0 Å². The average molecular weight is 386 g/mol. The molecule has 0 atom stereocenters. The number of carbonyl (C=O) groups excluding carboxylic acids is 2. The summed E-state index contributed by atoms with van der Waals surface area (Å²) >= 11 is 0. The van der Waals surface area contributed by atoms with Gasteiger partial charge in [-0.25, -0.2) is 9.97 Å². The minimum absolute atomic E-state index is 0.0802. The maximum absolute atomic E-state index is 12.3. The summed E-state index contributed by atoms with van der Waals surface area (Å²) in [5.74, 6) is 2.59. The van der Waals surface area contributed by atoms with Crippen LogP contribution < -0.4 is 15.5 Å². The highest BCUT2D eigenvalue weighted by Gasteiger charge is 2.29. The summed E-state index contributed by atoms with van der Waals surface area (Å²) in [5, 5.41) is 5.98. The smallest absolute Gasteiger partial charge is 0.270 e. The van der Waals surface area contributed by atoms with Crippen molar-refractivity contribution in [3.63, 3.8) is 0 Å². The lowest BCUT2D eigenvalue weighted by Crippen LogP contribution is -2.39. The van der Waals surface area contributed by atoms with Crippen molar-refractivity contribution in [2.75, 3.05) is 24.5 Å². The van der Waals surface area contributed by atoms with E-state index >= 15 is 0 Å². The van der Waals surface area contributed by atoms with Gasteiger partial charge < -0.3 is 15.5 Å². The van der Waals surface area contributed by atoms with Crippen LogP contribution in [0.15, 0.2) is 0 Å². The molecule has 7 nitrogen and oxygen atoms in total. The van der Waals surface area contributed by atoms with Crippen molar-refractivity contribution >= 4 is 17.6 Å². The number of piperidine rings is 1. The summed E-state index contributed by atoms with van der Waals surface area (Å²) in [6, 6.07) is 0.450. The molecule has 1 aromatic heterocycles. The van der Waals surface area contributed by atoms with E-state index in [0.29, 0.717) is 30.6 Å². The Morgan fingerprint density at radius 3 is 2.64 bits per heavy atom. The van der Waals surface area contributed by atoms with Crippen LogP contribution in [0.3, 0.4) is 0 Å². The van der Waals surface area contributed by atoms with Crippen LogP contribution in [0.4, 0.5) is 5.82 Å². The predicted octanol–water partition coefficient (Wildman–Crippen LogP) is 2.16. The van der Waals surface area contributed by atoms with Gasteiger partial charge in [-0.2, -0.15) is 0 Å². The molecule has 2 N–H and O–H groups in total. The van der Waals surface area contributed by atoms with Gasteiger partial charge in [0.1, 0.15) is 17.3 Å². The predicted molar refractivity (Wildman–Crippen MR) is 107 cm³/mol. The molecule has 3 heterocycles.